The van der Waals surface area contributed by atoms with Gasteiger partial charge in [-0.2, -0.15) is 0 Å². The van der Waals surface area contributed by atoms with E-state index in [2.05, 4.69) is 18.1 Å². The molecule has 1 aromatic rings. The topological polar surface area (TPSA) is 129 Å². The molecule has 4 fully saturated rings. The molecule has 0 unspecified atom stereocenters. The molecule has 12 nitrogen and oxygen atoms in total. The normalized spacial score (nSPS) is 26.7. The van der Waals surface area contributed by atoms with Gasteiger partial charge in [-0.15, -0.1) is 13.2 Å². The number of unbranched alkanes of at least 4 members (excludes halogenated alkanes) is 2. The Kier molecular flexibility index (Phi) is 13.5. The summed E-state index contributed by atoms with van der Waals surface area (Å²) in [4.78, 5) is 63.9. The molecule has 1 spiro atoms. The maximum Gasteiger partial charge on any atom is 0.313 e. The second-order valence-corrected chi connectivity index (χ2v) is 14.2. The number of esters is 1. The Labute approximate surface area is 302 Å². The third-order valence-electron chi connectivity index (χ3n) is 11.2. The summed E-state index contributed by atoms with van der Waals surface area (Å²) in [5.41, 5.74) is -0.430. The van der Waals surface area contributed by atoms with Crippen molar-refractivity contribution in [2.45, 2.75) is 81.8 Å². The minimum absolute atomic E-state index is 0.0479. The molecule has 7 atom stereocenters. The SMILES string of the molecule is C=CCCC(=O)N(C)[C@@H](C)[C@@H](OC(=O)[C@@H]1[C@@H]2CC[C@]3(O2)[C@H](C(=O)N(CC=C)CCN2CCOCC2)N(CCCCCO)C(=O)[C@@H]13)c1ccccc1. The Balaban J connectivity index is 1.42. The van der Waals surface area contributed by atoms with E-state index in [1.54, 1.807) is 33.9 Å². The summed E-state index contributed by atoms with van der Waals surface area (Å²) in [6.45, 7) is 14.2. The van der Waals surface area contributed by atoms with Crippen LogP contribution in [-0.4, -0.2) is 138 Å². The van der Waals surface area contributed by atoms with Crippen LogP contribution in [0.3, 0.4) is 0 Å². The first-order valence-electron chi connectivity index (χ1n) is 18.6. The third-order valence-corrected chi connectivity index (χ3v) is 11.2. The lowest BCUT2D eigenvalue weighted by Crippen LogP contribution is -2.57. The fourth-order valence-electron chi connectivity index (χ4n) is 8.34. The van der Waals surface area contributed by atoms with Crippen molar-refractivity contribution in [1.82, 2.24) is 19.6 Å². The van der Waals surface area contributed by atoms with Crippen molar-refractivity contribution in [1.29, 1.82) is 0 Å². The van der Waals surface area contributed by atoms with E-state index in [0.717, 1.165) is 18.7 Å². The molecule has 4 aliphatic rings. The predicted octanol–water partition coefficient (Wildman–Crippen LogP) is 2.97. The quantitative estimate of drug-likeness (QED) is 0.131. The third kappa shape index (κ3) is 8.24. The first-order valence-corrected chi connectivity index (χ1v) is 18.6. The van der Waals surface area contributed by atoms with Crippen LogP contribution in [0.1, 0.15) is 63.5 Å². The highest BCUT2D eigenvalue weighted by Crippen LogP contribution is 2.59. The van der Waals surface area contributed by atoms with Crippen molar-refractivity contribution in [3.8, 4) is 0 Å². The van der Waals surface area contributed by atoms with E-state index in [1.807, 2.05) is 37.3 Å². The van der Waals surface area contributed by atoms with Crippen LogP contribution in [0.15, 0.2) is 55.6 Å². The number of benzene rings is 1. The molecule has 4 aliphatic heterocycles. The van der Waals surface area contributed by atoms with Gasteiger partial charge >= 0.3 is 5.97 Å². The number of likely N-dealkylation sites (N-methyl/N-ethyl adjacent to an activating group) is 1. The number of hydrogen-bond donors (Lipinski definition) is 1. The van der Waals surface area contributed by atoms with Gasteiger partial charge in [0.25, 0.3) is 0 Å². The fraction of sp³-hybridized carbons (Fsp3) is 0.641. The standard InChI is InChI=1S/C39H56N4O8/c1-5-7-16-31(45)40(4)28(3)34(29-14-10-8-11-15-29)50-38(48)32-30-17-18-39(51-30)33(32)36(46)43(20-12-9-13-25-44)35(39)37(47)42(19-6-2)22-21-41-23-26-49-27-24-41/h5-6,8,10-11,14-15,28,30,32-35,44H,1-2,7,9,12-13,16-27H2,3-4H3/t28-,30-,32+,33+,34+,35-,39+/m0/s1. The van der Waals surface area contributed by atoms with E-state index in [-0.39, 0.29) is 30.7 Å². The van der Waals surface area contributed by atoms with Gasteiger partial charge in [-0.25, -0.2) is 0 Å². The number of rotatable bonds is 19. The van der Waals surface area contributed by atoms with Crippen molar-refractivity contribution >= 4 is 23.7 Å². The maximum absolute atomic E-state index is 14.7. The van der Waals surface area contributed by atoms with Gasteiger partial charge in [0.2, 0.25) is 17.7 Å². The van der Waals surface area contributed by atoms with Gasteiger partial charge < -0.3 is 34.0 Å². The lowest BCUT2D eigenvalue weighted by Gasteiger charge is -2.37. The van der Waals surface area contributed by atoms with Gasteiger partial charge in [-0.1, -0.05) is 42.5 Å². The van der Waals surface area contributed by atoms with Gasteiger partial charge in [0, 0.05) is 59.3 Å². The maximum atomic E-state index is 14.7. The Hall–Kier alpha value is -3.58. The number of likely N-dealkylation sites (tertiary alicyclic amines) is 1. The number of hydrogen-bond acceptors (Lipinski definition) is 9. The minimum Gasteiger partial charge on any atom is -0.455 e. The molecule has 4 heterocycles. The van der Waals surface area contributed by atoms with Crippen LogP contribution in [0.25, 0.3) is 0 Å². The summed E-state index contributed by atoms with van der Waals surface area (Å²) in [6, 6.07) is 7.93. The molecule has 51 heavy (non-hydrogen) atoms. The van der Waals surface area contributed by atoms with E-state index in [9.17, 15) is 24.3 Å². The van der Waals surface area contributed by atoms with E-state index in [0.29, 0.717) is 77.9 Å². The predicted molar refractivity (Wildman–Crippen MR) is 191 cm³/mol. The van der Waals surface area contributed by atoms with Crippen LogP contribution in [0, 0.1) is 11.8 Å². The molecule has 1 N–H and O–H groups in total. The van der Waals surface area contributed by atoms with Crippen molar-refractivity contribution in [3.05, 3.63) is 61.2 Å². The summed E-state index contributed by atoms with van der Waals surface area (Å²) in [7, 11) is 1.70. The summed E-state index contributed by atoms with van der Waals surface area (Å²) < 4.78 is 18.5. The van der Waals surface area contributed by atoms with Crippen LogP contribution in [-0.2, 0) is 33.4 Å². The van der Waals surface area contributed by atoms with E-state index in [4.69, 9.17) is 14.2 Å². The number of carbonyl (C=O) groups is 4. The molecule has 12 heteroatoms. The highest BCUT2D eigenvalue weighted by molar-refractivity contribution is 5.98. The van der Waals surface area contributed by atoms with Crippen molar-refractivity contribution in [2.24, 2.45) is 11.8 Å². The zero-order valence-electron chi connectivity index (χ0n) is 30.3. The molecule has 0 aromatic heterocycles. The van der Waals surface area contributed by atoms with Gasteiger partial charge in [0.05, 0.1) is 37.2 Å². The smallest absolute Gasteiger partial charge is 0.313 e. The zero-order chi connectivity index (χ0) is 36.5. The molecule has 5 rings (SSSR count). The van der Waals surface area contributed by atoms with Crippen LogP contribution in [0.5, 0.6) is 0 Å². The number of amides is 3. The zero-order valence-corrected chi connectivity index (χ0v) is 30.3. The molecule has 0 aliphatic carbocycles. The number of fused-ring (bicyclic) bond motifs is 1. The van der Waals surface area contributed by atoms with Crippen molar-refractivity contribution in [2.75, 3.05) is 66.1 Å². The lowest BCUT2D eigenvalue weighted by molar-refractivity contribution is -0.164. The van der Waals surface area contributed by atoms with Crippen LogP contribution in [0.2, 0.25) is 0 Å². The van der Waals surface area contributed by atoms with Crippen LogP contribution < -0.4 is 0 Å². The molecule has 0 radical (unpaired) electrons. The summed E-state index contributed by atoms with van der Waals surface area (Å²) in [6.07, 6.45) is 5.74. The lowest BCUT2D eigenvalue weighted by atomic mass is 9.70. The average Bonchev–Trinajstić information content (AvgIpc) is 3.80. The first-order chi connectivity index (χ1) is 24.7. The molecule has 0 saturated carbocycles. The van der Waals surface area contributed by atoms with Gasteiger partial charge in [-0.05, 0) is 51.0 Å². The number of aliphatic hydroxyl groups excluding tert-OH is 1. The molecule has 2 bridgehead atoms. The molecule has 3 amide bonds. The number of allylic oxidation sites excluding steroid dienone is 1. The van der Waals surface area contributed by atoms with E-state index in [1.165, 1.54) is 0 Å². The number of aliphatic hydroxyl groups is 1. The Morgan fingerprint density at radius 2 is 1.84 bits per heavy atom. The first kappa shape index (κ1) is 38.6. The molecular weight excluding hydrogens is 652 g/mol. The summed E-state index contributed by atoms with van der Waals surface area (Å²) in [5.74, 6) is -2.90. The Morgan fingerprint density at radius 3 is 2.53 bits per heavy atom. The number of ether oxygens (including phenoxy) is 3. The Morgan fingerprint density at radius 1 is 1.10 bits per heavy atom. The summed E-state index contributed by atoms with van der Waals surface area (Å²) in [5, 5.41) is 9.40. The van der Waals surface area contributed by atoms with Gasteiger partial charge in [0.1, 0.15) is 17.7 Å². The molecule has 1 aromatic carbocycles. The van der Waals surface area contributed by atoms with Gasteiger partial charge in [0.15, 0.2) is 0 Å². The Bertz CT molecular complexity index is 1390. The van der Waals surface area contributed by atoms with Crippen LogP contribution >= 0.6 is 0 Å². The minimum atomic E-state index is -1.16. The van der Waals surface area contributed by atoms with Crippen LogP contribution in [0.4, 0.5) is 0 Å². The largest absolute Gasteiger partial charge is 0.455 e. The molecule has 4 saturated heterocycles. The second-order valence-electron chi connectivity index (χ2n) is 14.2. The fourth-order valence-corrected chi connectivity index (χ4v) is 8.34. The van der Waals surface area contributed by atoms with Crippen molar-refractivity contribution < 1.29 is 38.5 Å². The number of morpholine rings is 1. The summed E-state index contributed by atoms with van der Waals surface area (Å²) >= 11 is 0. The molecular formula is C39H56N4O8. The van der Waals surface area contributed by atoms with Gasteiger partial charge in [-0.3, -0.25) is 24.1 Å². The highest BCUT2D eigenvalue weighted by Gasteiger charge is 2.75. The number of carbonyl (C=O) groups excluding carboxylic acids is 4. The van der Waals surface area contributed by atoms with E-state index < -0.39 is 47.7 Å². The number of nitrogens with zero attached hydrogens (tertiary/aromatic N) is 4. The average molecular weight is 709 g/mol. The van der Waals surface area contributed by atoms with E-state index >= 15 is 0 Å². The van der Waals surface area contributed by atoms with Crippen molar-refractivity contribution in [3.63, 3.8) is 0 Å². The monoisotopic (exact) mass is 708 g/mol. The second kappa shape index (κ2) is 17.8. The molecule has 280 valence electrons. The highest BCUT2D eigenvalue weighted by atomic mass is 16.6.